The van der Waals surface area contributed by atoms with Gasteiger partial charge in [-0.2, -0.15) is 0 Å². The summed E-state index contributed by atoms with van der Waals surface area (Å²) >= 11 is 0. The first-order valence-electron chi connectivity index (χ1n) is 5.72. The second-order valence-electron chi connectivity index (χ2n) is 4.31. The van der Waals surface area contributed by atoms with E-state index in [1.165, 1.54) is 12.1 Å². The molecule has 0 unspecified atom stereocenters. The molecule has 0 saturated heterocycles. The summed E-state index contributed by atoms with van der Waals surface area (Å²) in [7, 11) is 3.70. The van der Waals surface area contributed by atoms with E-state index in [0.717, 1.165) is 5.69 Å². The molecule has 0 fully saturated rings. The van der Waals surface area contributed by atoms with Crippen LogP contribution in [0.15, 0.2) is 30.5 Å². The molecular weight excluding hydrogens is 245 g/mol. The fourth-order valence-corrected chi connectivity index (χ4v) is 1.93. The molecule has 98 valence electrons. The normalized spacial score (nSPS) is 10.3. The monoisotopic (exact) mass is 259 g/mol. The number of benzene rings is 1. The molecule has 0 aliphatic carbocycles. The van der Waals surface area contributed by atoms with E-state index in [-0.39, 0.29) is 5.56 Å². The Labute approximate surface area is 110 Å². The summed E-state index contributed by atoms with van der Waals surface area (Å²) in [5, 5.41) is 0. The lowest BCUT2D eigenvalue weighted by molar-refractivity contribution is 0.112. The highest BCUT2D eigenvalue weighted by atomic mass is 19.1. The predicted molar refractivity (Wildman–Crippen MR) is 73.8 cm³/mol. The number of aromatic nitrogens is 1. The van der Waals surface area contributed by atoms with E-state index in [2.05, 4.69) is 4.98 Å². The van der Waals surface area contributed by atoms with Crippen LogP contribution in [0.2, 0.25) is 0 Å². The van der Waals surface area contributed by atoms with E-state index in [0.29, 0.717) is 23.2 Å². The van der Waals surface area contributed by atoms with Crippen molar-refractivity contribution in [3.63, 3.8) is 0 Å². The minimum atomic E-state index is -0.580. The number of rotatable bonds is 3. The van der Waals surface area contributed by atoms with E-state index >= 15 is 0 Å². The van der Waals surface area contributed by atoms with Gasteiger partial charge in [-0.15, -0.1) is 0 Å². The Hall–Kier alpha value is -2.43. The van der Waals surface area contributed by atoms with Gasteiger partial charge in [0.05, 0.1) is 22.6 Å². The van der Waals surface area contributed by atoms with Crippen molar-refractivity contribution in [2.45, 2.75) is 0 Å². The number of carbonyl (C=O) groups excluding carboxylic acids is 1. The van der Waals surface area contributed by atoms with Gasteiger partial charge in [0.1, 0.15) is 5.82 Å². The van der Waals surface area contributed by atoms with Gasteiger partial charge >= 0.3 is 0 Å². The number of pyridine rings is 1. The lowest BCUT2D eigenvalue weighted by Crippen LogP contribution is -2.12. The highest BCUT2D eigenvalue weighted by molar-refractivity contribution is 5.92. The van der Waals surface area contributed by atoms with Gasteiger partial charge < -0.3 is 10.6 Å². The van der Waals surface area contributed by atoms with Crippen LogP contribution in [0.5, 0.6) is 0 Å². The molecule has 0 saturated carbocycles. The molecule has 0 atom stereocenters. The number of carbonyl (C=O) groups is 1. The predicted octanol–water partition coefficient (Wildman–Crippen LogP) is 2.35. The van der Waals surface area contributed by atoms with Gasteiger partial charge in [0, 0.05) is 25.9 Å². The van der Waals surface area contributed by atoms with Gasteiger partial charge in [0.25, 0.3) is 0 Å². The molecule has 4 nitrogen and oxygen atoms in total. The van der Waals surface area contributed by atoms with Crippen LogP contribution >= 0.6 is 0 Å². The molecule has 19 heavy (non-hydrogen) atoms. The maximum atomic E-state index is 13.6. The Balaban J connectivity index is 2.70. The van der Waals surface area contributed by atoms with Crippen molar-refractivity contribution in [3.8, 4) is 11.3 Å². The molecule has 0 aliphatic heterocycles. The average Bonchev–Trinajstić information content (AvgIpc) is 2.38. The van der Waals surface area contributed by atoms with Crippen molar-refractivity contribution in [1.29, 1.82) is 0 Å². The third-order valence-electron chi connectivity index (χ3n) is 2.87. The highest BCUT2D eigenvalue weighted by Gasteiger charge is 2.15. The fourth-order valence-electron chi connectivity index (χ4n) is 1.93. The first kappa shape index (κ1) is 13.0. The summed E-state index contributed by atoms with van der Waals surface area (Å²) in [5.74, 6) is -0.580. The van der Waals surface area contributed by atoms with E-state index in [9.17, 15) is 9.18 Å². The average molecular weight is 259 g/mol. The van der Waals surface area contributed by atoms with Gasteiger partial charge in [0.15, 0.2) is 6.29 Å². The van der Waals surface area contributed by atoms with Crippen LogP contribution in [0.4, 0.5) is 15.8 Å². The van der Waals surface area contributed by atoms with Crippen LogP contribution in [0.3, 0.4) is 0 Å². The van der Waals surface area contributed by atoms with Crippen LogP contribution in [0, 0.1) is 5.82 Å². The topological polar surface area (TPSA) is 59.2 Å². The van der Waals surface area contributed by atoms with Crippen molar-refractivity contribution < 1.29 is 9.18 Å². The summed E-state index contributed by atoms with van der Waals surface area (Å²) in [6.07, 6.45) is 2.06. The Morgan fingerprint density at radius 3 is 2.68 bits per heavy atom. The molecule has 0 spiro atoms. The van der Waals surface area contributed by atoms with Crippen LogP contribution < -0.4 is 10.6 Å². The Morgan fingerprint density at radius 1 is 1.32 bits per heavy atom. The molecule has 2 aromatic rings. The number of nitrogens with zero attached hydrogens (tertiary/aromatic N) is 2. The number of nitrogens with two attached hydrogens (primary N) is 1. The van der Waals surface area contributed by atoms with Crippen molar-refractivity contribution in [3.05, 3.63) is 41.8 Å². The van der Waals surface area contributed by atoms with Crippen LogP contribution in [0.1, 0.15) is 10.4 Å². The number of aldehydes is 1. The minimum Gasteiger partial charge on any atom is -0.395 e. The van der Waals surface area contributed by atoms with Crippen LogP contribution in [0.25, 0.3) is 11.3 Å². The number of hydrogen-bond acceptors (Lipinski definition) is 4. The third-order valence-corrected chi connectivity index (χ3v) is 2.87. The second-order valence-corrected chi connectivity index (χ2v) is 4.31. The van der Waals surface area contributed by atoms with Crippen molar-refractivity contribution in [1.82, 2.24) is 4.98 Å². The number of halogens is 1. The third kappa shape index (κ3) is 2.27. The molecular formula is C14H14FN3O. The summed E-state index contributed by atoms with van der Waals surface area (Å²) < 4.78 is 13.6. The fraction of sp³-hybridized carbons (Fsp3) is 0.143. The lowest BCUT2D eigenvalue weighted by atomic mass is 10.0. The standard InChI is InChI=1S/C14H14FN3O/c1-18(2)12-6-7-17-14(13(12)16)9-4-3-5-11(15)10(9)8-19/h3-8H,16H2,1-2H3. The lowest BCUT2D eigenvalue weighted by Gasteiger charge is -2.17. The zero-order chi connectivity index (χ0) is 14.0. The van der Waals surface area contributed by atoms with E-state index in [1.807, 2.05) is 19.0 Å². The summed E-state index contributed by atoms with van der Waals surface area (Å²) in [6.45, 7) is 0. The first-order valence-corrected chi connectivity index (χ1v) is 5.72. The smallest absolute Gasteiger partial charge is 0.153 e. The summed E-state index contributed by atoms with van der Waals surface area (Å²) in [6, 6.07) is 6.16. The number of anilines is 2. The van der Waals surface area contributed by atoms with Gasteiger partial charge in [-0.1, -0.05) is 12.1 Å². The minimum absolute atomic E-state index is 0.0300. The molecule has 0 aliphatic rings. The maximum Gasteiger partial charge on any atom is 0.153 e. The number of hydrogen-bond donors (Lipinski definition) is 1. The summed E-state index contributed by atoms with van der Waals surface area (Å²) in [5.41, 5.74) is 8.01. The van der Waals surface area contributed by atoms with Crippen molar-refractivity contribution in [2.75, 3.05) is 24.7 Å². The van der Waals surface area contributed by atoms with E-state index in [1.54, 1.807) is 18.3 Å². The molecule has 2 N–H and O–H groups in total. The Morgan fingerprint density at radius 2 is 2.05 bits per heavy atom. The number of nitrogen functional groups attached to an aromatic ring is 1. The molecule has 1 aromatic carbocycles. The van der Waals surface area contributed by atoms with E-state index in [4.69, 9.17) is 5.73 Å². The van der Waals surface area contributed by atoms with Gasteiger partial charge in [0.2, 0.25) is 0 Å². The van der Waals surface area contributed by atoms with Gasteiger partial charge in [-0.3, -0.25) is 9.78 Å². The zero-order valence-electron chi connectivity index (χ0n) is 10.7. The second kappa shape index (κ2) is 5.06. The Bertz CT molecular complexity index is 626. The molecule has 1 aromatic heterocycles. The largest absolute Gasteiger partial charge is 0.395 e. The van der Waals surface area contributed by atoms with Gasteiger partial charge in [-0.25, -0.2) is 4.39 Å². The Kier molecular flexibility index (Phi) is 3.46. The molecule has 5 heteroatoms. The van der Waals surface area contributed by atoms with Gasteiger partial charge in [-0.05, 0) is 12.1 Å². The molecule has 2 rings (SSSR count). The molecule has 1 heterocycles. The molecule has 0 amide bonds. The van der Waals surface area contributed by atoms with Crippen LogP contribution in [-0.2, 0) is 0 Å². The van der Waals surface area contributed by atoms with Crippen molar-refractivity contribution in [2.24, 2.45) is 0 Å². The SMILES string of the molecule is CN(C)c1ccnc(-c2cccc(F)c2C=O)c1N. The summed E-state index contributed by atoms with van der Waals surface area (Å²) in [4.78, 5) is 17.0. The zero-order valence-corrected chi connectivity index (χ0v) is 10.7. The van der Waals surface area contributed by atoms with Crippen molar-refractivity contribution >= 4 is 17.7 Å². The molecule has 0 radical (unpaired) electrons. The highest BCUT2D eigenvalue weighted by Crippen LogP contribution is 2.33. The molecule has 0 bridgehead atoms. The first-order chi connectivity index (χ1) is 9.06. The maximum absolute atomic E-state index is 13.6. The van der Waals surface area contributed by atoms with Crippen LogP contribution in [-0.4, -0.2) is 25.4 Å². The quantitative estimate of drug-likeness (QED) is 0.859. The van der Waals surface area contributed by atoms with E-state index < -0.39 is 5.82 Å².